The average Bonchev–Trinajstić information content (AvgIpc) is 1.01. The topological polar surface area (TPSA) is 237 Å². The highest BCUT2D eigenvalue weighted by atomic mass is 31.2. The highest BCUT2D eigenvalue weighted by molar-refractivity contribution is 7.47. The molecule has 3 unspecified atom stereocenters. The van der Waals surface area contributed by atoms with Crippen LogP contribution >= 0.6 is 15.6 Å². The van der Waals surface area contributed by atoms with Crippen LogP contribution in [-0.4, -0.2) is 96.7 Å². The van der Waals surface area contributed by atoms with E-state index >= 15 is 0 Å². The molecule has 0 radical (unpaired) electrons. The van der Waals surface area contributed by atoms with Crippen LogP contribution in [0.5, 0.6) is 0 Å². The second-order valence-corrected chi connectivity index (χ2v) is 32.9. The maximum atomic E-state index is 13.1. The van der Waals surface area contributed by atoms with Crippen LogP contribution in [0, 0.1) is 17.8 Å². The van der Waals surface area contributed by atoms with E-state index in [1.54, 1.807) is 0 Å². The van der Waals surface area contributed by atoms with Gasteiger partial charge < -0.3 is 33.8 Å². The Morgan fingerprint density at radius 3 is 0.768 bits per heavy atom. The van der Waals surface area contributed by atoms with E-state index in [0.29, 0.717) is 25.7 Å². The van der Waals surface area contributed by atoms with E-state index in [2.05, 4.69) is 48.5 Å². The summed E-state index contributed by atoms with van der Waals surface area (Å²) in [4.78, 5) is 73.0. The molecule has 3 N–H and O–H groups in total. The molecule has 588 valence electrons. The second kappa shape index (κ2) is 70.4. The lowest BCUT2D eigenvalue weighted by Crippen LogP contribution is -2.30. The van der Waals surface area contributed by atoms with Gasteiger partial charge in [0.25, 0.3) is 0 Å². The first-order valence-electron chi connectivity index (χ1n) is 41.4. The number of phosphoric ester groups is 2. The van der Waals surface area contributed by atoms with Crippen LogP contribution in [0.1, 0.15) is 414 Å². The highest BCUT2D eigenvalue weighted by Gasteiger charge is 2.30. The largest absolute Gasteiger partial charge is 0.472 e. The number of hydrogen-bond donors (Lipinski definition) is 3. The van der Waals surface area contributed by atoms with Gasteiger partial charge in [0.2, 0.25) is 0 Å². The standard InChI is InChI=1S/C80H156O17P2/c1-8-10-11-12-13-14-15-16-17-18-19-20-25-30-35-40-49-56-63-79(84)96-75(67-90-77(82)61-54-47-39-34-29-24-22-21-23-27-32-37-44-51-58-71(3)4)69-94-98(86,87)92-65-74(81)66-93-99(88,89)95-70-76(68-91-78(83)62-55-48-43-42-46-53-60-73(7)9-2)97-80(85)64-57-50-41-36-31-26-28-33-38-45-52-59-72(5)6/h71-76,81H,8-70H2,1-7H3,(H,86,87)(H,88,89)/t73?,74-,75-,76-/m1/s1. The summed E-state index contributed by atoms with van der Waals surface area (Å²) < 4.78 is 68.7. The van der Waals surface area contributed by atoms with Crippen molar-refractivity contribution in [3.8, 4) is 0 Å². The third-order valence-corrected chi connectivity index (χ3v) is 20.9. The molecule has 0 aliphatic heterocycles. The van der Waals surface area contributed by atoms with Crippen molar-refractivity contribution in [2.45, 2.75) is 433 Å². The third kappa shape index (κ3) is 72.8. The lowest BCUT2D eigenvalue weighted by Gasteiger charge is -2.21. The first kappa shape index (κ1) is 97.1. The molecule has 0 aliphatic carbocycles. The van der Waals surface area contributed by atoms with Crippen molar-refractivity contribution in [1.29, 1.82) is 0 Å². The molecule has 0 saturated carbocycles. The number of phosphoric acid groups is 2. The van der Waals surface area contributed by atoms with Gasteiger partial charge in [-0.05, 0) is 43.4 Å². The zero-order chi connectivity index (χ0) is 73.0. The Morgan fingerprint density at radius 2 is 0.515 bits per heavy atom. The second-order valence-electron chi connectivity index (χ2n) is 30.0. The maximum absolute atomic E-state index is 13.1. The Kier molecular flexibility index (Phi) is 69.0. The smallest absolute Gasteiger partial charge is 0.462 e. The molecule has 0 bridgehead atoms. The molecule has 0 spiro atoms. The fourth-order valence-electron chi connectivity index (χ4n) is 12.3. The summed E-state index contributed by atoms with van der Waals surface area (Å²) in [6.45, 7) is 11.9. The minimum absolute atomic E-state index is 0.106. The Labute approximate surface area is 607 Å². The van der Waals surface area contributed by atoms with Crippen molar-refractivity contribution < 1.29 is 80.2 Å². The third-order valence-electron chi connectivity index (χ3n) is 19.0. The first-order chi connectivity index (χ1) is 47.8. The van der Waals surface area contributed by atoms with Crippen LogP contribution < -0.4 is 0 Å². The molecule has 17 nitrogen and oxygen atoms in total. The number of unbranched alkanes of at least 4 members (excludes halogenated alkanes) is 45. The molecule has 0 fully saturated rings. The normalized spacial score (nSPS) is 14.3. The van der Waals surface area contributed by atoms with Gasteiger partial charge in [0.05, 0.1) is 26.4 Å². The van der Waals surface area contributed by atoms with Crippen molar-refractivity contribution in [2.75, 3.05) is 39.6 Å². The number of carbonyl (C=O) groups excluding carboxylic acids is 4. The number of ether oxygens (including phenoxy) is 4. The van der Waals surface area contributed by atoms with Gasteiger partial charge >= 0.3 is 39.5 Å². The van der Waals surface area contributed by atoms with E-state index in [4.69, 9.17) is 37.0 Å². The first-order valence-corrected chi connectivity index (χ1v) is 44.4. The summed E-state index contributed by atoms with van der Waals surface area (Å²) >= 11 is 0. The summed E-state index contributed by atoms with van der Waals surface area (Å²) in [7, 11) is -9.92. The average molecular weight is 1450 g/mol. The molecule has 0 saturated heterocycles. The molecule has 0 aromatic heterocycles. The Balaban J connectivity index is 5.25. The predicted octanol–water partition coefficient (Wildman–Crippen LogP) is 23.7. The molecule has 0 heterocycles. The van der Waals surface area contributed by atoms with Crippen LogP contribution in [0.3, 0.4) is 0 Å². The molecule has 0 amide bonds. The number of esters is 4. The molecule has 99 heavy (non-hydrogen) atoms. The number of aliphatic hydroxyl groups excluding tert-OH is 1. The summed E-state index contributed by atoms with van der Waals surface area (Å²) in [5.41, 5.74) is 0. The molecular weight excluding hydrogens is 1290 g/mol. The van der Waals surface area contributed by atoms with Crippen LogP contribution in [0.2, 0.25) is 0 Å². The van der Waals surface area contributed by atoms with Gasteiger partial charge in [0.15, 0.2) is 12.2 Å². The molecule has 0 aromatic rings. The Hall–Kier alpha value is -1.94. The molecule has 0 aromatic carbocycles. The van der Waals surface area contributed by atoms with Gasteiger partial charge in [-0.1, -0.05) is 363 Å². The van der Waals surface area contributed by atoms with Crippen molar-refractivity contribution >= 4 is 39.5 Å². The zero-order valence-electron chi connectivity index (χ0n) is 65.0. The van der Waals surface area contributed by atoms with Gasteiger partial charge in [0, 0.05) is 25.7 Å². The van der Waals surface area contributed by atoms with Gasteiger partial charge in [-0.3, -0.25) is 37.3 Å². The van der Waals surface area contributed by atoms with E-state index in [0.717, 1.165) is 114 Å². The fourth-order valence-corrected chi connectivity index (χ4v) is 13.9. The van der Waals surface area contributed by atoms with Crippen molar-refractivity contribution in [3.63, 3.8) is 0 Å². The lowest BCUT2D eigenvalue weighted by molar-refractivity contribution is -0.161. The van der Waals surface area contributed by atoms with Crippen molar-refractivity contribution in [3.05, 3.63) is 0 Å². The van der Waals surface area contributed by atoms with E-state index in [-0.39, 0.29) is 25.7 Å². The molecule has 0 aliphatic rings. The zero-order valence-corrected chi connectivity index (χ0v) is 66.8. The van der Waals surface area contributed by atoms with Gasteiger partial charge in [-0.15, -0.1) is 0 Å². The molecule has 6 atom stereocenters. The van der Waals surface area contributed by atoms with Gasteiger partial charge in [0.1, 0.15) is 19.3 Å². The monoisotopic (exact) mass is 1450 g/mol. The van der Waals surface area contributed by atoms with Crippen LogP contribution in [0.4, 0.5) is 0 Å². The molecule has 19 heteroatoms. The van der Waals surface area contributed by atoms with Gasteiger partial charge in [-0.2, -0.15) is 0 Å². The summed E-state index contributed by atoms with van der Waals surface area (Å²) in [6.07, 6.45) is 58.3. The van der Waals surface area contributed by atoms with Crippen molar-refractivity contribution in [2.24, 2.45) is 17.8 Å². The number of carbonyl (C=O) groups is 4. The SMILES string of the molecule is CCCCCCCCCCCCCCCCCCCCC(=O)O[C@H](COC(=O)CCCCCCCCCCCCCCCCC(C)C)COP(=O)(O)OC[C@@H](O)COP(=O)(O)OC[C@@H](COC(=O)CCCCCCCCC(C)CC)OC(=O)CCCCCCCCCCCCCC(C)C. The summed E-state index contributed by atoms with van der Waals surface area (Å²) in [6, 6.07) is 0. The van der Waals surface area contributed by atoms with E-state index in [9.17, 15) is 43.2 Å². The Morgan fingerprint density at radius 1 is 0.293 bits per heavy atom. The minimum atomic E-state index is -4.96. The quantitative estimate of drug-likeness (QED) is 0.0222. The fraction of sp³-hybridized carbons (Fsp3) is 0.950. The van der Waals surface area contributed by atoms with E-state index < -0.39 is 97.5 Å². The van der Waals surface area contributed by atoms with Crippen LogP contribution in [0.25, 0.3) is 0 Å². The predicted molar refractivity (Wildman–Crippen MR) is 405 cm³/mol. The van der Waals surface area contributed by atoms with E-state index in [1.165, 1.54) is 218 Å². The molecule has 0 rings (SSSR count). The number of aliphatic hydroxyl groups is 1. The summed E-state index contributed by atoms with van der Waals surface area (Å²) in [5, 5.41) is 10.6. The van der Waals surface area contributed by atoms with Crippen LogP contribution in [0.15, 0.2) is 0 Å². The number of rotatable bonds is 78. The minimum Gasteiger partial charge on any atom is -0.462 e. The van der Waals surface area contributed by atoms with Crippen molar-refractivity contribution in [1.82, 2.24) is 0 Å². The lowest BCUT2D eigenvalue weighted by atomic mass is 10.00. The maximum Gasteiger partial charge on any atom is 0.472 e. The Bertz CT molecular complexity index is 1920. The summed E-state index contributed by atoms with van der Waals surface area (Å²) in [5.74, 6) is 0.182. The van der Waals surface area contributed by atoms with Crippen LogP contribution in [-0.2, 0) is 65.4 Å². The highest BCUT2D eigenvalue weighted by Crippen LogP contribution is 2.45. The number of hydrogen-bond acceptors (Lipinski definition) is 15. The van der Waals surface area contributed by atoms with E-state index in [1.807, 2.05) is 0 Å². The molecular formula is C80H156O17P2. The van der Waals surface area contributed by atoms with Gasteiger partial charge in [-0.25, -0.2) is 9.13 Å².